The minimum absolute atomic E-state index is 0.320. The molecule has 0 saturated heterocycles. The van der Waals surface area contributed by atoms with E-state index < -0.39 is 41.1 Å². The van der Waals surface area contributed by atoms with Gasteiger partial charge in [-0.1, -0.05) is 49.2 Å². The normalized spacial score (nSPS) is 13.1. The van der Waals surface area contributed by atoms with Gasteiger partial charge in [-0.05, 0) is 42.7 Å². The lowest BCUT2D eigenvalue weighted by atomic mass is 10.0. The van der Waals surface area contributed by atoms with E-state index >= 15 is 0 Å². The molecule has 0 radical (unpaired) electrons. The molecule has 0 aromatic heterocycles. The van der Waals surface area contributed by atoms with Crippen LogP contribution in [0, 0.1) is 17.6 Å². The summed E-state index contributed by atoms with van der Waals surface area (Å²) in [5.74, 6) is -3.79. The Kier molecular flexibility index (Phi) is 7.38. The van der Waals surface area contributed by atoms with Crippen LogP contribution in [0.4, 0.5) is 8.78 Å². The molecule has 0 aliphatic carbocycles. The van der Waals surface area contributed by atoms with Gasteiger partial charge in [-0.3, -0.25) is 9.59 Å². The fraction of sp³-hybridized carbons (Fsp3) is 0.300. The second-order valence-corrected chi connectivity index (χ2v) is 7.51. The van der Waals surface area contributed by atoms with Crippen molar-refractivity contribution in [2.24, 2.45) is 5.92 Å². The van der Waals surface area contributed by atoms with Crippen LogP contribution in [-0.4, -0.2) is 17.9 Å². The van der Waals surface area contributed by atoms with Crippen molar-refractivity contribution in [2.75, 3.05) is 0 Å². The van der Waals surface area contributed by atoms with Crippen molar-refractivity contribution < 1.29 is 18.4 Å². The Labute approximate surface area is 172 Å². The zero-order chi connectivity index (χ0) is 21.0. The van der Waals surface area contributed by atoms with E-state index in [1.54, 1.807) is 39.0 Å². The molecule has 0 fully saturated rings. The molecule has 4 nitrogen and oxygen atoms in total. The Balaban J connectivity index is 2.15. The van der Waals surface area contributed by atoms with Crippen LogP contribution in [0.2, 0.25) is 10.0 Å². The van der Waals surface area contributed by atoms with Gasteiger partial charge in [-0.25, -0.2) is 8.78 Å². The van der Waals surface area contributed by atoms with Crippen LogP contribution in [0.3, 0.4) is 0 Å². The molecule has 150 valence electrons. The Hall–Kier alpha value is -2.18. The topological polar surface area (TPSA) is 58.2 Å². The molecule has 0 aliphatic heterocycles. The summed E-state index contributed by atoms with van der Waals surface area (Å²) < 4.78 is 27.7. The first kappa shape index (κ1) is 22.1. The Morgan fingerprint density at radius 2 is 1.54 bits per heavy atom. The highest BCUT2D eigenvalue weighted by molar-refractivity contribution is 6.42. The number of hydrogen-bond acceptors (Lipinski definition) is 2. The summed E-state index contributed by atoms with van der Waals surface area (Å²) in [6.07, 6.45) is 0. The van der Waals surface area contributed by atoms with Gasteiger partial charge >= 0.3 is 0 Å². The van der Waals surface area contributed by atoms with Gasteiger partial charge in [0.15, 0.2) is 0 Å². The molecule has 0 heterocycles. The zero-order valence-electron chi connectivity index (χ0n) is 15.5. The molecule has 28 heavy (non-hydrogen) atoms. The van der Waals surface area contributed by atoms with E-state index in [2.05, 4.69) is 10.6 Å². The van der Waals surface area contributed by atoms with Gasteiger partial charge < -0.3 is 10.6 Å². The first-order valence-corrected chi connectivity index (χ1v) is 9.37. The smallest absolute Gasteiger partial charge is 0.257 e. The van der Waals surface area contributed by atoms with Gasteiger partial charge in [0.2, 0.25) is 5.91 Å². The molecule has 0 saturated carbocycles. The first-order chi connectivity index (χ1) is 13.1. The van der Waals surface area contributed by atoms with Crippen molar-refractivity contribution in [1.29, 1.82) is 0 Å². The lowest BCUT2D eigenvalue weighted by molar-refractivity contribution is -0.124. The number of nitrogens with one attached hydrogen (secondary N) is 2. The van der Waals surface area contributed by atoms with Crippen LogP contribution >= 0.6 is 23.2 Å². The predicted molar refractivity (Wildman–Crippen MR) is 105 cm³/mol. The van der Waals surface area contributed by atoms with Crippen molar-refractivity contribution in [3.63, 3.8) is 0 Å². The monoisotopic (exact) mass is 428 g/mol. The maximum Gasteiger partial charge on any atom is 0.257 e. The average molecular weight is 429 g/mol. The van der Waals surface area contributed by atoms with Crippen molar-refractivity contribution in [3.05, 3.63) is 69.2 Å². The number of carbonyl (C=O) groups is 2. The summed E-state index contributed by atoms with van der Waals surface area (Å²) in [6, 6.07) is 6.67. The van der Waals surface area contributed by atoms with E-state index in [0.717, 1.165) is 23.8 Å². The maximum absolute atomic E-state index is 13.8. The van der Waals surface area contributed by atoms with E-state index in [-0.39, 0.29) is 5.92 Å². The maximum atomic E-state index is 13.8. The number of halogens is 4. The number of carbonyl (C=O) groups excluding carboxylic acids is 2. The van der Waals surface area contributed by atoms with Gasteiger partial charge in [0.1, 0.15) is 23.2 Å². The summed E-state index contributed by atoms with van der Waals surface area (Å²) in [6.45, 7) is 5.17. The van der Waals surface area contributed by atoms with Crippen molar-refractivity contribution in [3.8, 4) is 0 Å². The van der Waals surface area contributed by atoms with E-state index in [4.69, 9.17) is 23.2 Å². The molecule has 0 bridgehead atoms. The molecular formula is C20H20Cl2F2N2O2. The van der Waals surface area contributed by atoms with Crippen LogP contribution in [-0.2, 0) is 4.79 Å². The highest BCUT2D eigenvalue weighted by Gasteiger charge is 2.28. The predicted octanol–water partition coefficient (Wildman–Crippen LogP) is 4.90. The summed E-state index contributed by atoms with van der Waals surface area (Å²) >= 11 is 11.9. The second-order valence-electron chi connectivity index (χ2n) is 6.70. The highest BCUT2D eigenvalue weighted by atomic mass is 35.5. The molecule has 0 unspecified atom stereocenters. The third kappa shape index (κ3) is 5.20. The molecule has 0 aliphatic rings. The molecule has 2 aromatic carbocycles. The van der Waals surface area contributed by atoms with Crippen molar-refractivity contribution in [1.82, 2.24) is 10.6 Å². The van der Waals surface area contributed by atoms with Crippen LogP contribution in [0.5, 0.6) is 0 Å². The Morgan fingerprint density at radius 1 is 0.929 bits per heavy atom. The number of hydrogen-bond donors (Lipinski definition) is 2. The summed E-state index contributed by atoms with van der Waals surface area (Å²) in [4.78, 5) is 25.0. The molecule has 8 heteroatoms. The van der Waals surface area contributed by atoms with Crippen molar-refractivity contribution >= 4 is 35.0 Å². The third-order valence-electron chi connectivity index (χ3n) is 4.23. The highest BCUT2D eigenvalue weighted by Crippen LogP contribution is 2.25. The number of benzene rings is 2. The van der Waals surface area contributed by atoms with Gasteiger partial charge in [-0.15, -0.1) is 0 Å². The summed E-state index contributed by atoms with van der Waals surface area (Å²) in [5.41, 5.74) is -0.00443. The fourth-order valence-corrected chi connectivity index (χ4v) is 2.94. The molecule has 2 rings (SSSR count). The first-order valence-electron chi connectivity index (χ1n) is 8.62. The van der Waals surface area contributed by atoms with E-state index in [1.165, 1.54) is 0 Å². The average Bonchev–Trinajstić information content (AvgIpc) is 2.61. The Bertz CT molecular complexity index is 870. The standard InChI is InChI=1S/C20H20Cl2F2N2O2/c1-10(2)18(26-19(27)17-15(23)5-4-6-16(17)24)20(28)25-11(3)12-7-8-13(21)14(22)9-12/h4-11,18H,1-3H3,(H,25,28)(H,26,27)/t11-,18+/m0/s1. The third-order valence-corrected chi connectivity index (χ3v) is 4.97. The number of rotatable bonds is 6. The number of amides is 2. The molecule has 2 atom stereocenters. The van der Waals surface area contributed by atoms with Gasteiger partial charge in [0, 0.05) is 0 Å². The van der Waals surface area contributed by atoms with E-state index in [1.807, 2.05) is 0 Å². The van der Waals surface area contributed by atoms with Crippen LogP contribution in [0.15, 0.2) is 36.4 Å². The lowest BCUT2D eigenvalue weighted by Gasteiger charge is -2.24. The molecule has 2 aromatic rings. The van der Waals surface area contributed by atoms with Gasteiger partial charge in [0.05, 0.1) is 16.1 Å². The minimum Gasteiger partial charge on any atom is -0.348 e. The summed E-state index contributed by atoms with van der Waals surface area (Å²) in [7, 11) is 0. The van der Waals surface area contributed by atoms with Gasteiger partial charge in [0.25, 0.3) is 5.91 Å². The lowest BCUT2D eigenvalue weighted by Crippen LogP contribution is -2.50. The SMILES string of the molecule is CC(C)[C@@H](NC(=O)c1c(F)cccc1F)C(=O)N[C@@H](C)c1ccc(Cl)c(Cl)c1. The van der Waals surface area contributed by atoms with Gasteiger partial charge in [-0.2, -0.15) is 0 Å². The Morgan fingerprint density at radius 3 is 2.07 bits per heavy atom. The molecular weight excluding hydrogens is 409 g/mol. The van der Waals surface area contributed by atoms with E-state index in [9.17, 15) is 18.4 Å². The second kappa shape index (κ2) is 9.34. The van der Waals surface area contributed by atoms with Crippen LogP contribution in [0.25, 0.3) is 0 Å². The molecule has 2 N–H and O–H groups in total. The zero-order valence-corrected chi connectivity index (χ0v) is 17.0. The van der Waals surface area contributed by atoms with Crippen LogP contribution in [0.1, 0.15) is 42.7 Å². The largest absolute Gasteiger partial charge is 0.348 e. The molecule has 2 amide bonds. The molecule has 0 spiro atoms. The van der Waals surface area contributed by atoms with Crippen molar-refractivity contribution in [2.45, 2.75) is 32.9 Å². The van der Waals surface area contributed by atoms with Crippen LogP contribution < -0.4 is 10.6 Å². The fourth-order valence-electron chi connectivity index (χ4n) is 2.63. The summed E-state index contributed by atoms with van der Waals surface area (Å²) in [5, 5.41) is 5.92. The quantitative estimate of drug-likeness (QED) is 0.686. The van der Waals surface area contributed by atoms with E-state index in [0.29, 0.717) is 10.0 Å². The minimum atomic E-state index is -0.996.